The van der Waals surface area contributed by atoms with Crippen molar-refractivity contribution in [3.05, 3.63) is 45.4 Å². The molecule has 1 aromatic carbocycles. The third-order valence-corrected chi connectivity index (χ3v) is 5.50. The third-order valence-electron chi connectivity index (χ3n) is 3.80. The Balaban J connectivity index is 2.45. The number of fused-ring (bicyclic) bond motifs is 1. The van der Waals surface area contributed by atoms with Crippen molar-refractivity contribution in [1.82, 2.24) is 0 Å². The lowest BCUT2D eigenvalue weighted by atomic mass is 9.97. The lowest BCUT2D eigenvalue weighted by molar-refractivity contribution is 0.797. The van der Waals surface area contributed by atoms with Gasteiger partial charge in [0.15, 0.2) is 0 Å². The summed E-state index contributed by atoms with van der Waals surface area (Å²) in [4.78, 5) is 0. The lowest BCUT2D eigenvalue weighted by Crippen LogP contribution is -1.90. The molecule has 1 aliphatic rings. The zero-order chi connectivity index (χ0) is 14.5. The zero-order valence-corrected chi connectivity index (χ0v) is 15.5. The van der Waals surface area contributed by atoms with E-state index in [2.05, 4.69) is 70.0 Å². The second-order valence-electron chi connectivity index (χ2n) is 5.33. The van der Waals surface area contributed by atoms with Crippen LogP contribution in [0.3, 0.4) is 0 Å². The number of hydrogen-bond donors (Lipinski definition) is 0. The molecule has 0 aliphatic heterocycles. The second kappa shape index (κ2) is 7.61. The summed E-state index contributed by atoms with van der Waals surface area (Å²) in [6.07, 6.45) is 7.25. The molecule has 1 aromatic rings. The minimum absolute atomic E-state index is 1.13. The maximum absolute atomic E-state index is 3.86. The van der Waals surface area contributed by atoms with E-state index < -0.39 is 0 Å². The fourth-order valence-electron chi connectivity index (χ4n) is 2.68. The first-order valence-corrected chi connectivity index (χ1v) is 9.16. The fraction of sp³-hybridized carbons (Fsp3) is 0.444. The van der Waals surface area contributed by atoms with Crippen molar-refractivity contribution in [2.45, 2.75) is 52.4 Å². The molecule has 2 heteroatoms. The largest absolute Gasteiger partial charge is 0.0654 e. The molecule has 0 radical (unpaired) electrons. The summed E-state index contributed by atoms with van der Waals surface area (Å²) in [7, 11) is 0. The van der Waals surface area contributed by atoms with Gasteiger partial charge >= 0.3 is 0 Å². The molecule has 1 aliphatic carbocycles. The van der Waals surface area contributed by atoms with Crippen molar-refractivity contribution in [2.24, 2.45) is 0 Å². The first kappa shape index (κ1) is 16.0. The van der Waals surface area contributed by atoms with Crippen LogP contribution in [0.5, 0.6) is 0 Å². The van der Waals surface area contributed by atoms with Crippen molar-refractivity contribution in [1.29, 1.82) is 0 Å². The van der Waals surface area contributed by atoms with E-state index in [1.165, 1.54) is 56.9 Å². The van der Waals surface area contributed by atoms with Gasteiger partial charge < -0.3 is 0 Å². The van der Waals surface area contributed by atoms with Crippen LogP contribution in [0.15, 0.2) is 34.3 Å². The number of benzene rings is 1. The van der Waals surface area contributed by atoms with Crippen LogP contribution in [0.2, 0.25) is 0 Å². The second-order valence-corrected chi connectivity index (χ2v) is 7.08. The van der Waals surface area contributed by atoms with E-state index in [0.717, 1.165) is 12.8 Å². The summed E-state index contributed by atoms with van der Waals surface area (Å²) in [5, 5.41) is 0. The van der Waals surface area contributed by atoms with Crippen molar-refractivity contribution in [3.8, 4) is 0 Å². The molecular weight excluding hydrogens is 376 g/mol. The molecule has 20 heavy (non-hydrogen) atoms. The van der Waals surface area contributed by atoms with Crippen LogP contribution < -0.4 is 0 Å². The van der Waals surface area contributed by atoms with E-state index in [9.17, 15) is 0 Å². The topological polar surface area (TPSA) is 0 Å². The van der Waals surface area contributed by atoms with E-state index in [0.29, 0.717) is 0 Å². The molecule has 2 rings (SSSR count). The number of halogens is 2. The Morgan fingerprint density at radius 3 is 2.30 bits per heavy atom. The van der Waals surface area contributed by atoms with Gasteiger partial charge in [0, 0.05) is 8.96 Å². The highest BCUT2D eigenvalue weighted by molar-refractivity contribution is 9.15. The maximum Gasteiger partial charge on any atom is 0.0292 e. The molecule has 0 fully saturated rings. The first-order valence-electron chi connectivity index (χ1n) is 7.58. The molecule has 0 N–H and O–H groups in total. The number of hydrogen-bond acceptors (Lipinski definition) is 0. The van der Waals surface area contributed by atoms with Crippen molar-refractivity contribution in [2.75, 3.05) is 0 Å². The minimum atomic E-state index is 1.13. The summed E-state index contributed by atoms with van der Waals surface area (Å²) in [5.41, 5.74) is 5.65. The standard InChI is InChI=1S/C18H22Br2/c1-3-5-9-15-17(16(19)12-6-4-2)13-10-7-8-11-14(13)18(15)20/h7-8,10-11H,3-6,9,12H2,1-2H3/b17-16+. The number of rotatable bonds is 6. The minimum Gasteiger partial charge on any atom is -0.0654 e. The van der Waals surface area contributed by atoms with E-state index in [4.69, 9.17) is 0 Å². The summed E-state index contributed by atoms with van der Waals surface area (Å²) in [5.74, 6) is 0. The Morgan fingerprint density at radius 2 is 1.65 bits per heavy atom. The Kier molecular flexibility index (Phi) is 6.10. The Hall–Kier alpha value is -0.340. The third kappa shape index (κ3) is 3.28. The number of unbranched alkanes of at least 4 members (excludes halogenated alkanes) is 2. The smallest absolute Gasteiger partial charge is 0.0292 e. The summed E-state index contributed by atoms with van der Waals surface area (Å²) < 4.78 is 2.66. The van der Waals surface area contributed by atoms with Crippen LogP contribution >= 0.6 is 31.9 Å². The summed E-state index contributed by atoms with van der Waals surface area (Å²) in [6, 6.07) is 8.74. The molecule has 0 aromatic heterocycles. The van der Waals surface area contributed by atoms with Gasteiger partial charge in [0.05, 0.1) is 0 Å². The zero-order valence-electron chi connectivity index (χ0n) is 12.3. The van der Waals surface area contributed by atoms with Crippen molar-refractivity contribution >= 4 is 41.9 Å². The molecule has 0 atom stereocenters. The van der Waals surface area contributed by atoms with Crippen LogP contribution in [0.25, 0.3) is 10.1 Å². The molecule has 108 valence electrons. The predicted octanol–water partition coefficient (Wildman–Crippen LogP) is 7.29. The maximum atomic E-state index is 3.86. The Labute approximate surface area is 139 Å². The van der Waals surface area contributed by atoms with E-state index in [1.807, 2.05) is 0 Å². The molecule has 0 heterocycles. The van der Waals surface area contributed by atoms with Crippen LogP contribution in [-0.2, 0) is 0 Å². The van der Waals surface area contributed by atoms with Gasteiger partial charge in [0.2, 0.25) is 0 Å². The van der Waals surface area contributed by atoms with Crippen molar-refractivity contribution < 1.29 is 0 Å². The Bertz CT molecular complexity index is 538. The molecule has 0 saturated heterocycles. The highest BCUT2D eigenvalue weighted by Crippen LogP contribution is 2.49. The monoisotopic (exact) mass is 396 g/mol. The van der Waals surface area contributed by atoms with E-state index in [-0.39, 0.29) is 0 Å². The predicted molar refractivity (Wildman–Crippen MR) is 97.2 cm³/mol. The highest BCUT2D eigenvalue weighted by atomic mass is 79.9. The molecule has 0 saturated carbocycles. The average Bonchev–Trinajstić information content (AvgIpc) is 2.76. The van der Waals surface area contributed by atoms with Gasteiger partial charge in [-0.25, -0.2) is 0 Å². The lowest BCUT2D eigenvalue weighted by Gasteiger charge is -2.11. The van der Waals surface area contributed by atoms with Gasteiger partial charge in [0.1, 0.15) is 0 Å². The van der Waals surface area contributed by atoms with Gasteiger partial charge in [-0.1, -0.05) is 66.9 Å². The van der Waals surface area contributed by atoms with Gasteiger partial charge in [-0.2, -0.15) is 0 Å². The molecule has 0 amide bonds. The summed E-state index contributed by atoms with van der Waals surface area (Å²) in [6.45, 7) is 4.50. The Morgan fingerprint density at radius 1 is 1.00 bits per heavy atom. The van der Waals surface area contributed by atoms with E-state index in [1.54, 1.807) is 0 Å². The van der Waals surface area contributed by atoms with E-state index >= 15 is 0 Å². The highest BCUT2D eigenvalue weighted by Gasteiger charge is 2.25. The van der Waals surface area contributed by atoms with Gasteiger partial charge in [-0.15, -0.1) is 0 Å². The van der Waals surface area contributed by atoms with Crippen LogP contribution in [0.4, 0.5) is 0 Å². The molecule has 0 spiro atoms. The van der Waals surface area contributed by atoms with Crippen LogP contribution in [-0.4, -0.2) is 0 Å². The first-order chi connectivity index (χ1) is 9.70. The quantitative estimate of drug-likeness (QED) is 0.472. The van der Waals surface area contributed by atoms with Crippen molar-refractivity contribution in [3.63, 3.8) is 0 Å². The molecular formula is C18H22Br2. The molecule has 0 unspecified atom stereocenters. The normalized spacial score (nSPS) is 16.6. The van der Waals surface area contributed by atoms with Crippen LogP contribution in [0, 0.1) is 0 Å². The summed E-state index contributed by atoms with van der Waals surface area (Å²) >= 11 is 7.70. The van der Waals surface area contributed by atoms with Gasteiger partial charge in [-0.05, 0) is 63.9 Å². The fourth-order valence-corrected chi connectivity index (χ4v) is 4.16. The number of allylic oxidation sites excluding steroid dienone is 3. The van der Waals surface area contributed by atoms with Crippen LogP contribution in [0.1, 0.15) is 63.5 Å². The SMILES string of the molecule is CCCCC1=C(Br)c2ccccc2/C1=C(\Br)CCCC. The van der Waals surface area contributed by atoms with Gasteiger partial charge in [0.25, 0.3) is 0 Å². The molecule has 0 nitrogen and oxygen atoms in total. The van der Waals surface area contributed by atoms with Gasteiger partial charge in [-0.3, -0.25) is 0 Å². The molecule has 0 bridgehead atoms. The average molecular weight is 398 g/mol.